The van der Waals surface area contributed by atoms with E-state index >= 15 is 0 Å². The first kappa shape index (κ1) is 10.2. The van der Waals surface area contributed by atoms with E-state index in [1.165, 1.54) is 0 Å². The maximum Gasteiger partial charge on any atom is 0.244 e. The van der Waals surface area contributed by atoms with E-state index in [4.69, 9.17) is 11.6 Å². The molecule has 2 rings (SSSR count). The number of hydrogen-bond donors (Lipinski definition) is 1. The molecule has 0 heterocycles. The van der Waals surface area contributed by atoms with Crippen molar-refractivity contribution in [3.8, 4) is 0 Å². The van der Waals surface area contributed by atoms with E-state index in [1.54, 1.807) is 24.3 Å². The van der Waals surface area contributed by atoms with Crippen molar-refractivity contribution in [2.45, 2.75) is 18.9 Å². The van der Waals surface area contributed by atoms with E-state index in [9.17, 15) is 4.79 Å². The summed E-state index contributed by atoms with van der Waals surface area (Å²) in [6.07, 6.45) is 5.57. The minimum Gasteiger partial charge on any atom is -0.350 e. The summed E-state index contributed by atoms with van der Waals surface area (Å²) in [5.74, 6) is -0.0209. The molecule has 78 valence electrons. The highest BCUT2D eigenvalue weighted by molar-refractivity contribution is 6.30. The molecule has 1 saturated carbocycles. The second kappa shape index (κ2) is 4.49. The Morgan fingerprint density at radius 3 is 2.60 bits per heavy atom. The number of rotatable bonds is 3. The van der Waals surface area contributed by atoms with Crippen LogP contribution >= 0.6 is 11.6 Å². The van der Waals surface area contributed by atoms with Crippen LogP contribution in [0.25, 0.3) is 6.08 Å². The third-order valence-electron chi connectivity index (χ3n) is 2.22. The summed E-state index contributed by atoms with van der Waals surface area (Å²) in [6, 6.07) is 7.78. The van der Waals surface area contributed by atoms with Crippen molar-refractivity contribution in [3.63, 3.8) is 0 Å². The summed E-state index contributed by atoms with van der Waals surface area (Å²) >= 11 is 5.75. The molecule has 1 aromatic carbocycles. The number of carbonyl (C=O) groups excluding carboxylic acids is 1. The van der Waals surface area contributed by atoms with Crippen LogP contribution in [0.15, 0.2) is 30.3 Å². The Hall–Kier alpha value is -1.28. The zero-order chi connectivity index (χ0) is 10.7. The zero-order valence-electron chi connectivity index (χ0n) is 8.24. The Bertz CT molecular complexity index is 379. The van der Waals surface area contributed by atoms with Crippen molar-refractivity contribution in [3.05, 3.63) is 40.9 Å². The molecule has 0 bridgehead atoms. The van der Waals surface area contributed by atoms with Gasteiger partial charge in [0.2, 0.25) is 5.91 Å². The molecule has 0 unspecified atom stereocenters. The minimum atomic E-state index is -0.0209. The number of nitrogens with one attached hydrogen (secondary N) is 1. The van der Waals surface area contributed by atoms with Crippen molar-refractivity contribution in [2.24, 2.45) is 0 Å². The topological polar surface area (TPSA) is 29.1 Å². The molecule has 1 amide bonds. The molecule has 1 aliphatic rings. The Balaban J connectivity index is 1.91. The molecule has 0 spiro atoms. The highest BCUT2D eigenvalue weighted by Gasteiger charge is 2.21. The summed E-state index contributed by atoms with van der Waals surface area (Å²) in [6.45, 7) is 0. The van der Waals surface area contributed by atoms with Gasteiger partial charge in [-0.25, -0.2) is 0 Å². The van der Waals surface area contributed by atoms with E-state index in [1.807, 2.05) is 12.1 Å². The van der Waals surface area contributed by atoms with Gasteiger partial charge in [-0.3, -0.25) is 4.79 Å². The Kier molecular flexibility index (Phi) is 3.07. The van der Waals surface area contributed by atoms with Gasteiger partial charge in [-0.05, 0) is 36.6 Å². The first-order valence-corrected chi connectivity index (χ1v) is 5.36. The van der Waals surface area contributed by atoms with Crippen LogP contribution in [0, 0.1) is 0 Å². The summed E-state index contributed by atoms with van der Waals surface area (Å²) in [7, 11) is 0. The summed E-state index contributed by atoms with van der Waals surface area (Å²) in [4.78, 5) is 11.3. The monoisotopic (exact) mass is 221 g/mol. The van der Waals surface area contributed by atoms with Gasteiger partial charge in [0.15, 0.2) is 0 Å². The van der Waals surface area contributed by atoms with Crippen molar-refractivity contribution in [1.29, 1.82) is 0 Å². The average Bonchev–Trinajstić information content (AvgIpc) is 3.01. The molecular formula is C12H12ClNO. The van der Waals surface area contributed by atoms with Gasteiger partial charge < -0.3 is 5.32 Å². The number of halogens is 1. The Morgan fingerprint density at radius 1 is 1.33 bits per heavy atom. The fourth-order valence-electron chi connectivity index (χ4n) is 1.22. The van der Waals surface area contributed by atoms with E-state index in [0.29, 0.717) is 11.1 Å². The SMILES string of the molecule is O=C(/C=C/c1ccc(Cl)cc1)NC1CC1. The molecule has 0 radical (unpaired) electrons. The van der Waals surface area contributed by atoms with Gasteiger partial charge in [0.25, 0.3) is 0 Å². The third kappa shape index (κ3) is 3.40. The van der Waals surface area contributed by atoms with Gasteiger partial charge in [-0.2, -0.15) is 0 Å². The lowest BCUT2D eigenvalue weighted by Gasteiger charge is -1.97. The summed E-state index contributed by atoms with van der Waals surface area (Å²) in [5.41, 5.74) is 0.977. The quantitative estimate of drug-likeness (QED) is 0.782. The average molecular weight is 222 g/mol. The van der Waals surface area contributed by atoms with Crippen LogP contribution in [-0.2, 0) is 4.79 Å². The van der Waals surface area contributed by atoms with E-state index in [2.05, 4.69) is 5.32 Å². The lowest BCUT2D eigenvalue weighted by atomic mass is 10.2. The normalized spacial score (nSPS) is 15.5. The number of amides is 1. The second-order valence-electron chi connectivity index (χ2n) is 3.67. The molecule has 15 heavy (non-hydrogen) atoms. The predicted molar refractivity (Wildman–Crippen MR) is 61.7 cm³/mol. The smallest absolute Gasteiger partial charge is 0.244 e. The lowest BCUT2D eigenvalue weighted by Crippen LogP contribution is -2.22. The molecule has 1 aliphatic carbocycles. The Morgan fingerprint density at radius 2 is 2.00 bits per heavy atom. The highest BCUT2D eigenvalue weighted by Crippen LogP contribution is 2.18. The van der Waals surface area contributed by atoms with Crippen molar-refractivity contribution < 1.29 is 4.79 Å². The van der Waals surface area contributed by atoms with Crippen molar-refractivity contribution in [2.75, 3.05) is 0 Å². The highest BCUT2D eigenvalue weighted by atomic mass is 35.5. The molecule has 2 nitrogen and oxygen atoms in total. The van der Waals surface area contributed by atoms with Crippen LogP contribution in [0.3, 0.4) is 0 Å². The third-order valence-corrected chi connectivity index (χ3v) is 2.47. The molecule has 0 atom stereocenters. The zero-order valence-corrected chi connectivity index (χ0v) is 9.00. The fraction of sp³-hybridized carbons (Fsp3) is 0.250. The van der Waals surface area contributed by atoms with Crippen molar-refractivity contribution in [1.82, 2.24) is 5.32 Å². The van der Waals surface area contributed by atoms with Gasteiger partial charge in [-0.15, -0.1) is 0 Å². The van der Waals surface area contributed by atoms with Crippen LogP contribution < -0.4 is 5.32 Å². The van der Waals surface area contributed by atoms with Crippen LogP contribution in [0.4, 0.5) is 0 Å². The van der Waals surface area contributed by atoms with Gasteiger partial charge in [0, 0.05) is 17.1 Å². The largest absolute Gasteiger partial charge is 0.350 e. The molecule has 1 aromatic rings. The molecule has 3 heteroatoms. The van der Waals surface area contributed by atoms with E-state index in [-0.39, 0.29) is 5.91 Å². The predicted octanol–water partition coefficient (Wildman–Crippen LogP) is 2.63. The second-order valence-corrected chi connectivity index (χ2v) is 4.10. The maximum absolute atomic E-state index is 11.3. The standard InChI is InChI=1S/C12H12ClNO/c13-10-4-1-9(2-5-10)3-8-12(15)14-11-6-7-11/h1-5,8,11H,6-7H2,(H,14,15)/b8-3+. The van der Waals surface area contributed by atoms with Gasteiger partial charge in [-0.1, -0.05) is 23.7 Å². The summed E-state index contributed by atoms with van der Waals surface area (Å²) in [5, 5.41) is 3.59. The molecule has 0 aliphatic heterocycles. The number of benzene rings is 1. The molecule has 1 N–H and O–H groups in total. The van der Waals surface area contributed by atoms with Crippen LogP contribution in [0.2, 0.25) is 5.02 Å². The van der Waals surface area contributed by atoms with Gasteiger partial charge in [0.1, 0.15) is 0 Å². The number of hydrogen-bond acceptors (Lipinski definition) is 1. The van der Waals surface area contributed by atoms with Crippen LogP contribution in [0.5, 0.6) is 0 Å². The summed E-state index contributed by atoms with van der Waals surface area (Å²) < 4.78 is 0. The maximum atomic E-state index is 11.3. The first-order chi connectivity index (χ1) is 7.24. The van der Waals surface area contributed by atoms with Crippen LogP contribution in [0.1, 0.15) is 18.4 Å². The minimum absolute atomic E-state index is 0.0209. The van der Waals surface area contributed by atoms with E-state index in [0.717, 1.165) is 18.4 Å². The first-order valence-electron chi connectivity index (χ1n) is 4.98. The van der Waals surface area contributed by atoms with Gasteiger partial charge >= 0.3 is 0 Å². The fourth-order valence-corrected chi connectivity index (χ4v) is 1.35. The van der Waals surface area contributed by atoms with Gasteiger partial charge in [0.05, 0.1) is 0 Å². The van der Waals surface area contributed by atoms with Crippen LogP contribution in [-0.4, -0.2) is 11.9 Å². The number of carbonyl (C=O) groups is 1. The van der Waals surface area contributed by atoms with Crippen molar-refractivity contribution >= 4 is 23.6 Å². The molecular weight excluding hydrogens is 210 g/mol. The van der Waals surface area contributed by atoms with E-state index < -0.39 is 0 Å². The molecule has 0 saturated heterocycles. The molecule has 0 aromatic heterocycles. The Labute approximate surface area is 93.9 Å². The lowest BCUT2D eigenvalue weighted by molar-refractivity contribution is -0.116. The molecule has 1 fully saturated rings.